The molecule has 2 aromatic carbocycles. The van der Waals surface area contributed by atoms with E-state index in [0.717, 1.165) is 63.0 Å². The van der Waals surface area contributed by atoms with Crippen molar-refractivity contribution in [1.82, 2.24) is 9.80 Å². The lowest BCUT2D eigenvalue weighted by Gasteiger charge is -2.28. The molecule has 0 saturated carbocycles. The Labute approximate surface area is 190 Å². The van der Waals surface area contributed by atoms with Crippen LogP contribution in [0.2, 0.25) is 0 Å². The summed E-state index contributed by atoms with van der Waals surface area (Å²) in [7, 11) is 4.17. The van der Waals surface area contributed by atoms with E-state index in [0.29, 0.717) is 11.1 Å². The molecule has 0 radical (unpaired) electrons. The molecule has 0 N–H and O–H groups in total. The maximum absolute atomic E-state index is 12.5. The number of nitrogens with zero attached hydrogens (tertiary/aromatic N) is 2. The van der Waals surface area contributed by atoms with Crippen LogP contribution in [0.3, 0.4) is 0 Å². The van der Waals surface area contributed by atoms with Crippen molar-refractivity contribution >= 4 is 11.9 Å². The van der Waals surface area contributed by atoms with Gasteiger partial charge in [0.25, 0.3) is 0 Å². The fourth-order valence-corrected chi connectivity index (χ4v) is 4.24. The normalized spacial score (nSPS) is 18.9. The number of ether oxygens (including phenoxy) is 2. The number of carbonyl (C=O) groups excluding carboxylic acids is 2. The van der Waals surface area contributed by atoms with Crippen LogP contribution in [0.4, 0.5) is 0 Å². The van der Waals surface area contributed by atoms with Crippen molar-refractivity contribution in [2.75, 3.05) is 40.3 Å². The summed E-state index contributed by atoms with van der Waals surface area (Å²) in [6.07, 6.45) is 3.53. The zero-order valence-electron chi connectivity index (χ0n) is 19.0. The lowest BCUT2D eigenvalue weighted by Crippen LogP contribution is -2.35. The second-order valence-corrected chi connectivity index (χ2v) is 8.97. The molecule has 0 bridgehead atoms. The van der Waals surface area contributed by atoms with Gasteiger partial charge in [0, 0.05) is 26.2 Å². The Morgan fingerprint density at radius 2 is 0.938 bits per heavy atom. The second-order valence-electron chi connectivity index (χ2n) is 8.97. The Kier molecular flexibility index (Phi) is 7.22. The number of carbonyl (C=O) groups is 2. The van der Waals surface area contributed by atoms with Gasteiger partial charge in [-0.25, -0.2) is 9.59 Å². The van der Waals surface area contributed by atoms with Crippen molar-refractivity contribution in [3.63, 3.8) is 0 Å². The van der Waals surface area contributed by atoms with E-state index < -0.39 is 0 Å². The van der Waals surface area contributed by atoms with Gasteiger partial charge in [-0.05, 0) is 75.2 Å². The topological polar surface area (TPSA) is 59.1 Å². The minimum Gasteiger partial charge on any atom is -0.459 e. The largest absolute Gasteiger partial charge is 0.459 e. The summed E-state index contributed by atoms with van der Waals surface area (Å²) < 4.78 is 11.3. The Morgan fingerprint density at radius 1 is 0.625 bits per heavy atom. The summed E-state index contributed by atoms with van der Waals surface area (Å²) in [4.78, 5) is 29.4. The lowest BCUT2D eigenvalue weighted by molar-refractivity contribution is 0.0131. The molecule has 0 amide bonds. The fraction of sp³-hybridized carbons (Fsp3) is 0.462. The van der Waals surface area contributed by atoms with Gasteiger partial charge < -0.3 is 19.3 Å². The van der Waals surface area contributed by atoms with Crippen LogP contribution in [-0.2, 0) is 9.47 Å². The highest BCUT2D eigenvalue weighted by atomic mass is 16.5. The van der Waals surface area contributed by atoms with E-state index in [4.69, 9.17) is 9.47 Å². The highest BCUT2D eigenvalue weighted by molar-refractivity contribution is 5.91. The van der Waals surface area contributed by atoms with E-state index in [-0.39, 0.29) is 24.1 Å². The van der Waals surface area contributed by atoms with Crippen LogP contribution in [0.25, 0.3) is 11.1 Å². The van der Waals surface area contributed by atoms with Gasteiger partial charge in [-0.1, -0.05) is 24.3 Å². The van der Waals surface area contributed by atoms with Crippen LogP contribution in [0.5, 0.6) is 0 Å². The number of rotatable bonds is 5. The number of hydrogen-bond donors (Lipinski definition) is 0. The zero-order valence-corrected chi connectivity index (χ0v) is 19.0. The third kappa shape index (κ3) is 5.75. The van der Waals surface area contributed by atoms with Crippen molar-refractivity contribution in [2.45, 2.75) is 37.9 Å². The van der Waals surface area contributed by atoms with Gasteiger partial charge in [-0.2, -0.15) is 0 Å². The molecule has 2 aliphatic rings. The number of esters is 2. The standard InChI is InChI=1S/C26H32N2O4/c1-27-15-11-23(12-16-27)31-25(29)21-7-3-19(4-8-21)20-5-9-22(10-6-20)26(30)32-24-13-17-28(2)18-14-24/h3-10,23-24H,11-18H2,1-2H3. The van der Waals surface area contributed by atoms with E-state index in [9.17, 15) is 9.59 Å². The minimum absolute atomic E-state index is 0.000182. The Bertz CT molecular complexity index is 832. The summed E-state index contributed by atoms with van der Waals surface area (Å²) in [5.74, 6) is -0.531. The minimum atomic E-state index is -0.266. The molecule has 2 aromatic rings. The first-order valence-corrected chi connectivity index (χ1v) is 11.5. The molecule has 170 valence electrons. The predicted octanol–water partition coefficient (Wildman–Crippen LogP) is 3.86. The summed E-state index contributed by atoms with van der Waals surface area (Å²) >= 11 is 0. The molecule has 4 rings (SSSR count). The van der Waals surface area contributed by atoms with Crippen LogP contribution in [0.1, 0.15) is 46.4 Å². The number of likely N-dealkylation sites (tertiary alicyclic amines) is 2. The highest BCUT2D eigenvalue weighted by Crippen LogP contribution is 2.23. The SMILES string of the molecule is CN1CCC(OC(=O)c2ccc(-c3ccc(C(=O)OC4CCN(C)CC4)cc3)cc2)CC1. The molecular weight excluding hydrogens is 404 g/mol. The van der Waals surface area contributed by atoms with Crippen molar-refractivity contribution in [2.24, 2.45) is 0 Å². The average Bonchev–Trinajstić information content (AvgIpc) is 2.82. The van der Waals surface area contributed by atoms with Gasteiger partial charge in [0.2, 0.25) is 0 Å². The quantitative estimate of drug-likeness (QED) is 0.664. The molecule has 2 saturated heterocycles. The van der Waals surface area contributed by atoms with Crippen LogP contribution < -0.4 is 0 Å². The third-order valence-electron chi connectivity index (χ3n) is 6.45. The molecule has 0 unspecified atom stereocenters. The first-order chi connectivity index (χ1) is 15.5. The zero-order chi connectivity index (χ0) is 22.5. The molecule has 0 atom stereocenters. The summed E-state index contributed by atoms with van der Waals surface area (Å²) in [5, 5.41) is 0. The van der Waals surface area contributed by atoms with Gasteiger partial charge in [-0.15, -0.1) is 0 Å². The van der Waals surface area contributed by atoms with E-state index in [1.807, 2.05) is 24.3 Å². The fourth-order valence-electron chi connectivity index (χ4n) is 4.24. The van der Waals surface area contributed by atoms with Crippen molar-refractivity contribution in [3.05, 3.63) is 59.7 Å². The molecular formula is C26H32N2O4. The molecule has 2 fully saturated rings. The molecule has 2 heterocycles. The summed E-state index contributed by atoms with van der Waals surface area (Å²) in [5.41, 5.74) is 3.09. The molecule has 6 heteroatoms. The molecule has 2 aliphatic heterocycles. The van der Waals surface area contributed by atoms with Crippen molar-refractivity contribution in [3.8, 4) is 11.1 Å². The van der Waals surface area contributed by atoms with Gasteiger partial charge in [0.15, 0.2) is 0 Å². The van der Waals surface area contributed by atoms with E-state index in [2.05, 4.69) is 23.9 Å². The summed E-state index contributed by atoms with van der Waals surface area (Å²) in [6, 6.07) is 14.9. The Morgan fingerprint density at radius 3 is 1.25 bits per heavy atom. The first kappa shape index (κ1) is 22.5. The average molecular weight is 437 g/mol. The van der Waals surface area contributed by atoms with Crippen LogP contribution in [-0.4, -0.2) is 74.2 Å². The predicted molar refractivity (Wildman–Crippen MR) is 124 cm³/mol. The molecule has 0 aromatic heterocycles. The van der Waals surface area contributed by atoms with Crippen LogP contribution in [0.15, 0.2) is 48.5 Å². The van der Waals surface area contributed by atoms with E-state index in [1.54, 1.807) is 24.3 Å². The number of piperidine rings is 2. The number of hydrogen-bond acceptors (Lipinski definition) is 6. The van der Waals surface area contributed by atoms with Gasteiger partial charge >= 0.3 is 11.9 Å². The van der Waals surface area contributed by atoms with Crippen molar-refractivity contribution < 1.29 is 19.1 Å². The highest BCUT2D eigenvalue weighted by Gasteiger charge is 2.22. The van der Waals surface area contributed by atoms with Crippen molar-refractivity contribution in [1.29, 1.82) is 0 Å². The number of benzene rings is 2. The summed E-state index contributed by atoms with van der Waals surface area (Å²) in [6.45, 7) is 3.83. The van der Waals surface area contributed by atoms with Gasteiger partial charge in [0.1, 0.15) is 12.2 Å². The van der Waals surface area contributed by atoms with Crippen LogP contribution >= 0.6 is 0 Å². The molecule has 6 nitrogen and oxygen atoms in total. The monoisotopic (exact) mass is 436 g/mol. The first-order valence-electron chi connectivity index (χ1n) is 11.5. The smallest absolute Gasteiger partial charge is 0.338 e. The van der Waals surface area contributed by atoms with Crippen LogP contribution in [0, 0.1) is 0 Å². The third-order valence-corrected chi connectivity index (χ3v) is 6.45. The van der Waals surface area contributed by atoms with Gasteiger partial charge in [0.05, 0.1) is 11.1 Å². The molecule has 0 aliphatic carbocycles. The van der Waals surface area contributed by atoms with E-state index in [1.165, 1.54) is 0 Å². The maximum atomic E-state index is 12.5. The second kappa shape index (κ2) is 10.3. The molecule has 0 spiro atoms. The molecule has 32 heavy (non-hydrogen) atoms. The Hall–Kier alpha value is -2.70. The Balaban J connectivity index is 1.32. The lowest BCUT2D eigenvalue weighted by atomic mass is 10.0. The van der Waals surface area contributed by atoms with Gasteiger partial charge in [-0.3, -0.25) is 0 Å². The van der Waals surface area contributed by atoms with E-state index >= 15 is 0 Å². The maximum Gasteiger partial charge on any atom is 0.338 e.